The summed E-state index contributed by atoms with van der Waals surface area (Å²) in [4.78, 5) is 20.5. The van der Waals surface area contributed by atoms with Crippen LogP contribution in [0.4, 0.5) is 10.2 Å². The molecule has 146 valence electrons. The summed E-state index contributed by atoms with van der Waals surface area (Å²) < 4.78 is 30.9. The fourth-order valence-electron chi connectivity index (χ4n) is 3.53. The van der Waals surface area contributed by atoms with Crippen molar-refractivity contribution in [3.8, 4) is 11.3 Å². The normalized spacial score (nSPS) is 18.1. The topological polar surface area (TPSA) is 96.6 Å². The van der Waals surface area contributed by atoms with Crippen molar-refractivity contribution in [1.82, 2.24) is 9.97 Å². The minimum Gasteiger partial charge on any atom is -0.465 e. The van der Waals surface area contributed by atoms with Crippen molar-refractivity contribution < 1.29 is 23.4 Å². The summed E-state index contributed by atoms with van der Waals surface area (Å²) in [6.07, 6.45) is 5.62. The minimum atomic E-state index is -0.765. The van der Waals surface area contributed by atoms with Crippen LogP contribution in [0.15, 0.2) is 30.5 Å². The Balaban J connectivity index is 1.69. The van der Waals surface area contributed by atoms with Crippen LogP contribution in [-0.4, -0.2) is 42.0 Å². The first kappa shape index (κ1) is 18.5. The van der Waals surface area contributed by atoms with Crippen LogP contribution in [0.25, 0.3) is 16.8 Å². The quantitative estimate of drug-likeness (QED) is 0.812. The van der Waals surface area contributed by atoms with Gasteiger partial charge in [0.15, 0.2) is 5.79 Å². The summed E-state index contributed by atoms with van der Waals surface area (Å²) in [5.74, 6) is -1.95. The smallest absolute Gasteiger partial charge is 0.340 e. The van der Waals surface area contributed by atoms with Gasteiger partial charge >= 0.3 is 5.97 Å². The van der Waals surface area contributed by atoms with Crippen LogP contribution in [0.1, 0.15) is 35.3 Å². The highest BCUT2D eigenvalue weighted by molar-refractivity contribution is 5.91. The zero-order valence-corrected chi connectivity index (χ0v) is 15.4. The highest BCUT2D eigenvalue weighted by atomic mass is 19.1. The molecule has 1 aromatic carbocycles. The number of nitrogen functional groups attached to an aromatic ring is 1. The zero-order valence-electron chi connectivity index (χ0n) is 15.4. The molecule has 0 bridgehead atoms. The first-order valence-electron chi connectivity index (χ1n) is 9.00. The Morgan fingerprint density at radius 3 is 2.79 bits per heavy atom. The van der Waals surface area contributed by atoms with E-state index >= 15 is 0 Å². The van der Waals surface area contributed by atoms with Crippen LogP contribution in [0.5, 0.6) is 0 Å². The van der Waals surface area contributed by atoms with Crippen LogP contribution in [0.2, 0.25) is 0 Å². The summed E-state index contributed by atoms with van der Waals surface area (Å²) in [7, 11) is 1.20. The van der Waals surface area contributed by atoms with Crippen LogP contribution in [0, 0.1) is 5.82 Å². The number of esters is 1. The number of carbonyl (C=O) groups excluding carboxylic acids is 1. The Morgan fingerprint density at radius 1 is 1.32 bits per heavy atom. The Hall–Kier alpha value is -2.84. The number of methoxy groups -OCH3 is 1. The number of hydrogen-bond acceptors (Lipinski definition) is 7. The van der Waals surface area contributed by atoms with E-state index in [1.807, 2.05) is 6.08 Å². The number of halogens is 1. The lowest BCUT2D eigenvalue weighted by atomic mass is 9.92. The number of allylic oxidation sites excluding steroid dienone is 1. The number of aromatic nitrogens is 2. The predicted octanol–water partition coefficient (Wildman–Crippen LogP) is 2.96. The fraction of sp³-hybridized carbons (Fsp3) is 0.350. The van der Waals surface area contributed by atoms with Gasteiger partial charge < -0.3 is 19.9 Å². The van der Waals surface area contributed by atoms with E-state index in [2.05, 4.69) is 14.7 Å². The number of benzene rings is 1. The first-order chi connectivity index (χ1) is 13.5. The SMILES string of the molecule is COC(=O)c1cccc(-c2nc(C3=CCC4(CC3)OCCO4)cnc2N)c1F. The lowest BCUT2D eigenvalue weighted by Crippen LogP contribution is -2.31. The summed E-state index contributed by atoms with van der Waals surface area (Å²) in [6.45, 7) is 1.20. The number of ether oxygens (including phenoxy) is 3. The average Bonchev–Trinajstić information content (AvgIpc) is 3.17. The van der Waals surface area contributed by atoms with Gasteiger partial charge in [0.05, 0.1) is 37.8 Å². The molecule has 1 saturated heterocycles. The molecule has 1 spiro atoms. The molecular weight excluding hydrogens is 365 g/mol. The van der Waals surface area contributed by atoms with E-state index in [0.29, 0.717) is 38.2 Å². The van der Waals surface area contributed by atoms with Gasteiger partial charge in [0.1, 0.15) is 17.3 Å². The van der Waals surface area contributed by atoms with Gasteiger partial charge in [0.2, 0.25) is 0 Å². The van der Waals surface area contributed by atoms with Gasteiger partial charge in [0.25, 0.3) is 0 Å². The molecule has 4 rings (SSSR count). The van der Waals surface area contributed by atoms with Crippen molar-refractivity contribution in [2.24, 2.45) is 0 Å². The summed E-state index contributed by atoms with van der Waals surface area (Å²) in [5, 5.41) is 0. The van der Waals surface area contributed by atoms with Crippen LogP contribution in [-0.2, 0) is 14.2 Å². The first-order valence-corrected chi connectivity index (χ1v) is 9.00. The summed E-state index contributed by atoms with van der Waals surface area (Å²) in [5.41, 5.74) is 7.66. The van der Waals surface area contributed by atoms with Gasteiger partial charge in [-0.05, 0) is 24.1 Å². The minimum absolute atomic E-state index is 0.0833. The zero-order chi connectivity index (χ0) is 19.7. The molecule has 2 N–H and O–H groups in total. The van der Waals surface area contributed by atoms with E-state index in [9.17, 15) is 9.18 Å². The third-order valence-electron chi connectivity index (χ3n) is 5.04. The number of nitrogens with two attached hydrogens (primary N) is 1. The third kappa shape index (κ3) is 3.25. The van der Waals surface area contributed by atoms with Crippen LogP contribution in [0.3, 0.4) is 0 Å². The Kier molecular flexibility index (Phi) is 4.82. The van der Waals surface area contributed by atoms with Crippen molar-refractivity contribution >= 4 is 17.4 Å². The Morgan fingerprint density at radius 2 is 2.11 bits per heavy atom. The molecular formula is C20H20FN3O4. The largest absolute Gasteiger partial charge is 0.465 e. The van der Waals surface area contributed by atoms with Crippen molar-refractivity contribution in [3.05, 3.63) is 47.5 Å². The molecule has 0 amide bonds. The number of nitrogens with zero attached hydrogens (tertiary/aromatic N) is 2. The van der Waals surface area contributed by atoms with E-state index in [1.54, 1.807) is 12.3 Å². The van der Waals surface area contributed by atoms with E-state index in [0.717, 1.165) is 5.57 Å². The van der Waals surface area contributed by atoms with Gasteiger partial charge in [-0.1, -0.05) is 12.1 Å². The Bertz CT molecular complexity index is 954. The van der Waals surface area contributed by atoms with Crippen molar-refractivity contribution in [2.45, 2.75) is 25.0 Å². The second-order valence-corrected chi connectivity index (χ2v) is 6.69. The molecule has 2 aromatic rings. The van der Waals surface area contributed by atoms with Crippen molar-refractivity contribution in [2.75, 3.05) is 26.1 Å². The van der Waals surface area contributed by atoms with Gasteiger partial charge in [0, 0.05) is 18.4 Å². The average molecular weight is 385 g/mol. The van der Waals surface area contributed by atoms with Crippen molar-refractivity contribution in [3.63, 3.8) is 0 Å². The van der Waals surface area contributed by atoms with Crippen LogP contribution < -0.4 is 5.73 Å². The summed E-state index contributed by atoms with van der Waals surface area (Å²) >= 11 is 0. The number of hydrogen-bond donors (Lipinski definition) is 1. The van der Waals surface area contributed by atoms with E-state index < -0.39 is 17.6 Å². The fourth-order valence-corrected chi connectivity index (χ4v) is 3.53. The molecule has 28 heavy (non-hydrogen) atoms. The molecule has 0 unspecified atom stereocenters. The maximum Gasteiger partial charge on any atom is 0.340 e. The highest BCUT2D eigenvalue weighted by Crippen LogP contribution is 2.38. The summed E-state index contributed by atoms with van der Waals surface area (Å²) in [6, 6.07) is 4.41. The van der Waals surface area contributed by atoms with E-state index in [1.165, 1.54) is 19.2 Å². The molecule has 2 aliphatic rings. The predicted molar refractivity (Wildman–Crippen MR) is 99.6 cm³/mol. The standard InChI is InChI=1S/C20H20FN3O4/c1-26-19(25)14-4-2-3-13(16(14)21)17-18(22)23-11-15(24-17)12-5-7-20(8-6-12)27-9-10-28-20/h2-5,11H,6-10H2,1H3,(H2,22,23). The molecule has 0 saturated carbocycles. The second kappa shape index (κ2) is 7.29. The molecule has 1 fully saturated rings. The van der Waals surface area contributed by atoms with Crippen molar-refractivity contribution in [1.29, 1.82) is 0 Å². The molecule has 2 heterocycles. The second-order valence-electron chi connectivity index (χ2n) is 6.69. The van der Waals surface area contributed by atoms with E-state index in [4.69, 9.17) is 15.2 Å². The molecule has 7 nitrogen and oxygen atoms in total. The molecule has 0 radical (unpaired) electrons. The molecule has 1 aromatic heterocycles. The van der Waals surface area contributed by atoms with Gasteiger partial charge in [-0.15, -0.1) is 0 Å². The van der Waals surface area contributed by atoms with E-state index in [-0.39, 0.29) is 22.6 Å². The number of anilines is 1. The van der Waals surface area contributed by atoms with Gasteiger partial charge in [-0.25, -0.2) is 19.2 Å². The van der Waals surface area contributed by atoms with Gasteiger partial charge in [-0.3, -0.25) is 0 Å². The maximum absolute atomic E-state index is 14.9. The monoisotopic (exact) mass is 385 g/mol. The molecule has 0 atom stereocenters. The molecule has 1 aliphatic carbocycles. The Labute approximate surface area is 161 Å². The molecule has 8 heteroatoms. The lowest BCUT2D eigenvalue weighted by Gasteiger charge is -2.30. The lowest BCUT2D eigenvalue weighted by molar-refractivity contribution is -0.159. The third-order valence-corrected chi connectivity index (χ3v) is 5.04. The van der Waals surface area contributed by atoms with Crippen LogP contribution >= 0.6 is 0 Å². The van der Waals surface area contributed by atoms with Gasteiger partial charge in [-0.2, -0.15) is 0 Å². The number of rotatable bonds is 3. The number of carbonyl (C=O) groups is 1. The maximum atomic E-state index is 14.9. The molecule has 1 aliphatic heterocycles. The highest BCUT2D eigenvalue weighted by Gasteiger charge is 2.38.